The van der Waals surface area contributed by atoms with Crippen LogP contribution in [0.15, 0.2) is 0 Å². The molecule has 1 nitrogen and oxygen atoms in total. The normalized spacial score (nSPS) is 18.0. The van der Waals surface area contributed by atoms with Gasteiger partial charge in [-0.1, -0.05) is 22.9 Å². The lowest BCUT2D eigenvalue weighted by molar-refractivity contribution is 0.0870. The van der Waals surface area contributed by atoms with Crippen LogP contribution in [0.2, 0.25) is 0 Å². The minimum Gasteiger partial charge on any atom is -0.233 e. The largest absolute Gasteiger partial charge is 0.233 e. The average Bonchev–Trinajstić information content (AvgIpc) is 1.65. The molecule has 0 fully saturated rings. The third kappa shape index (κ3) is 4.60. The summed E-state index contributed by atoms with van der Waals surface area (Å²) in [6.07, 6.45) is 0.383. The van der Waals surface area contributed by atoms with E-state index >= 15 is 0 Å². The second-order valence-corrected chi connectivity index (χ2v) is 2.95. The Morgan fingerprint density at radius 2 is 2.00 bits per heavy atom. The molecule has 2 heteroatoms. The quantitative estimate of drug-likeness (QED) is 0.593. The monoisotopic (exact) mass is 179 g/mol. The number of halogens is 1. The first-order valence-corrected chi connectivity index (χ1v) is 4.00. The minimum atomic E-state index is -0.400. The van der Waals surface area contributed by atoms with Crippen molar-refractivity contribution in [2.75, 3.05) is 5.33 Å². The van der Waals surface area contributed by atoms with Crippen LogP contribution in [0.5, 0.6) is 0 Å². The molecule has 0 bridgehead atoms. The summed E-state index contributed by atoms with van der Waals surface area (Å²) in [6, 6.07) is 0. The van der Waals surface area contributed by atoms with Crippen molar-refractivity contribution in [2.45, 2.75) is 26.4 Å². The van der Waals surface area contributed by atoms with E-state index in [0.29, 0.717) is 5.92 Å². The highest BCUT2D eigenvalue weighted by Gasteiger charge is 2.03. The smallest absolute Gasteiger partial charge is 0.0904 e. The molecule has 0 aromatic rings. The van der Waals surface area contributed by atoms with Crippen molar-refractivity contribution in [3.63, 3.8) is 0 Å². The molecule has 0 amide bonds. The van der Waals surface area contributed by atoms with Crippen LogP contribution in [-0.4, -0.2) is 11.4 Å². The Kier molecular flexibility index (Phi) is 4.57. The molecule has 0 saturated carbocycles. The number of hydrogen-bond acceptors (Lipinski definition) is 0. The molecule has 0 aliphatic carbocycles. The van der Waals surface area contributed by atoms with Crippen LogP contribution >= 0.6 is 15.9 Å². The molecule has 0 aromatic heterocycles. The van der Waals surface area contributed by atoms with E-state index in [9.17, 15) is 5.11 Å². The summed E-state index contributed by atoms with van der Waals surface area (Å²) in [5.74, 6) is 0.530. The molecule has 2 atom stereocenters. The van der Waals surface area contributed by atoms with Crippen molar-refractivity contribution in [3.8, 4) is 0 Å². The Hall–Kier alpha value is 0.440. The lowest BCUT2D eigenvalue weighted by Crippen LogP contribution is -2.06. The van der Waals surface area contributed by atoms with Crippen LogP contribution in [0.25, 0.3) is 0 Å². The van der Waals surface area contributed by atoms with Crippen LogP contribution in [0.4, 0.5) is 0 Å². The van der Waals surface area contributed by atoms with Gasteiger partial charge in [0.15, 0.2) is 0 Å². The molecule has 0 aromatic carbocycles. The second kappa shape index (κ2) is 4.33. The zero-order valence-electron chi connectivity index (χ0n) is 5.36. The van der Waals surface area contributed by atoms with Crippen molar-refractivity contribution in [2.24, 2.45) is 5.92 Å². The van der Waals surface area contributed by atoms with E-state index in [1.165, 1.54) is 0 Å². The van der Waals surface area contributed by atoms with Crippen LogP contribution in [0, 0.1) is 5.92 Å². The second-order valence-electron chi connectivity index (χ2n) is 2.31. The van der Waals surface area contributed by atoms with Gasteiger partial charge in [-0.25, -0.2) is 5.11 Å². The lowest BCUT2D eigenvalue weighted by atomic mass is 10.1. The predicted molar refractivity (Wildman–Crippen MR) is 37.7 cm³/mol. The summed E-state index contributed by atoms with van der Waals surface area (Å²) < 4.78 is 0. The van der Waals surface area contributed by atoms with E-state index in [-0.39, 0.29) is 0 Å². The van der Waals surface area contributed by atoms with Gasteiger partial charge in [-0.15, -0.1) is 0 Å². The van der Waals surface area contributed by atoms with Crippen molar-refractivity contribution in [1.82, 2.24) is 0 Å². The van der Waals surface area contributed by atoms with Crippen LogP contribution in [0.3, 0.4) is 0 Å². The fraction of sp³-hybridized carbons (Fsp3) is 1.00. The Balaban J connectivity index is 3.10. The SMILES string of the molecule is CC([O])CC(C)CBr. The van der Waals surface area contributed by atoms with E-state index in [2.05, 4.69) is 22.9 Å². The van der Waals surface area contributed by atoms with Gasteiger partial charge in [-0.05, 0) is 19.3 Å². The van der Waals surface area contributed by atoms with Crippen LogP contribution in [0.1, 0.15) is 20.3 Å². The maximum atomic E-state index is 10.5. The summed E-state index contributed by atoms with van der Waals surface area (Å²) >= 11 is 3.30. The van der Waals surface area contributed by atoms with Crippen molar-refractivity contribution < 1.29 is 5.11 Å². The minimum absolute atomic E-state index is 0.400. The van der Waals surface area contributed by atoms with Gasteiger partial charge in [-0.2, -0.15) is 0 Å². The number of alkyl halides is 1. The molecule has 8 heavy (non-hydrogen) atoms. The van der Waals surface area contributed by atoms with Gasteiger partial charge in [0.25, 0.3) is 0 Å². The summed E-state index contributed by atoms with van der Waals surface area (Å²) in [6.45, 7) is 3.78. The zero-order valence-corrected chi connectivity index (χ0v) is 6.94. The molecule has 0 spiro atoms. The highest BCUT2D eigenvalue weighted by Crippen LogP contribution is 2.07. The maximum Gasteiger partial charge on any atom is 0.0904 e. The third-order valence-electron chi connectivity index (χ3n) is 0.998. The number of rotatable bonds is 3. The zero-order chi connectivity index (χ0) is 6.57. The Morgan fingerprint density at radius 3 is 2.12 bits per heavy atom. The Bertz CT molecular complexity index is 54.5. The predicted octanol–water partition coefficient (Wildman–Crippen LogP) is 2.23. The fourth-order valence-corrected chi connectivity index (χ4v) is 0.894. The molecule has 0 N–H and O–H groups in total. The fourth-order valence-electron chi connectivity index (χ4n) is 0.630. The van der Waals surface area contributed by atoms with Crippen LogP contribution < -0.4 is 0 Å². The standard InChI is InChI=1S/C6H12BrO/c1-5(4-7)3-6(2)8/h5-6H,3-4H2,1-2H3. The van der Waals surface area contributed by atoms with Gasteiger partial charge in [0.05, 0.1) is 6.10 Å². The first kappa shape index (κ1) is 8.44. The lowest BCUT2D eigenvalue weighted by Gasteiger charge is -2.06. The summed E-state index contributed by atoms with van der Waals surface area (Å²) in [4.78, 5) is 0. The molecule has 0 saturated heterocycles. The first-order chi connectivity index (χ1) is 3.66. The van der Waals surface area contributed by atoms with Crippen molar-refractivity contribution in [3.05, 3.63) is 0 Å². The van der Waals surface area contributed by atoms with Crippen molar-refractivity contribution >= 4 is 15.9 Å². The molecule has 0 aliphatic rings. The van der Waals surface area contributed by atoms with Crippen molar-refractivity contribution in [1.29, 1.82) is 0 Å². The highest BCUT2D eigenvalue weighted by atomic mass is 79.9. The molecule has 2 unspecified atom stereocenters. The van der Waals surface area contributed by atoms with E-state index < -0.39 is 6.10 Å². The van der Waals surface area contributed by atoms with Crippen LogP contribution in [-0.2, 0) is 5.11 Å². The van der Waals surface area contributed by atoms with Gasteiger partial charge < -0.3 is 0 Å². The molecule has 49 valence electrons. The summed E-state index contributed by atoms with van der Waals surface area (Å²) in [5, 5.41) is 11.4. The van der Waals surface area contributed by atoms with E-state index in [1.54, 1.807) is 6.92 Å². The van der Waals surface area contributed by atoms with Gasteiger partial charge in [0, 0.05) is 5.33 Å². The summed E-state index contributed by atoms with van der Waals surface area (Å²) in [7, 11) is 0. The van der Waals surface area contributed by atoms with E-state index in [1.807, 2.05) is 0 Å². The molecule has 1 radical (unpaired) electrons. The van der Waals surface area contributed by atoms with E-state index in [0.717, 1.165) is 11.8 Å². The summed E-state index contributed by atoms with van der Waals surface area (Å²) in [5.41, 5.74) is 0. The average molecular weight is 180 g/mol. The molecular weight excluding hydrogens is 168 g/mol. The Labute approximate surface area is 59.2 Å². The van der Waals surface area contributed by atoms with Gasteiger partial charge in [0.2, 0.25) is 0 Å². The van der Waals surface area contributed by atoms with Gasteiger partial charge in [-0.3, -0.25) is 0 Å². The Morgan fingerprint density at radius 1 is 1.50 bits per heavy atom. The maximum absolute atomic E-state index is 10.5. The van der Waals surface area contributed by atoms with Gasteiger partial charge >= 0.3 is 0 Å². The third-order valence-corrected chi connectivity index (χ3v) is 2.10. The van der Waals surface area contributed by atoms with E-state index in [4.69, 9.17) is 0 Å². The topological polar surface area (TPSA) is 19.9 Å². The first-order valence-electron chi connectivity index (χ1n) is 2.88. The molecular formula is C6H12BrO. The molecule has 0 rings (SSSR count). The molecule has 0 heterocycles. The molecule has 0 aliphatic heterocycles. The van der Waals surface area contributed by atoms with Gasteiger partial charge in [0.1, 0.15) is 0 Å². The highest BCUT2D eigenvalue weighted by molar-refractivity contribution is 9.09. The number of hydrogen-bond donors (Lipinski definition) is 0.